The number of phenols is 2. The van der Waals surface area contributed by atoms with Gasteiger partial charge < -0.3 is 62.2 Å². The van der Waals surface area contributed by atoms with E-state index in [1.165, 1.54) is 0 Å². The van der Waals surface area contributed by atoms with Crippen LogP contribution in [0.5, 0.6) is 17.2 Å². The molecule has 196 valence electrons. The van der Waals surface area contributed by atoms with Gasteiger partial charge in [-0.05, 0) is 12.1 Å². The van der Waals surface area contributed by atoms with E-state index in [2.05, 4.69) is 24.3 Å². The Morgan fingerprint density at radius 1 is 0.914 bits per heavy atom. The zero-order valence-corrected chi connectivity index (χ0v) is 18.9. The normalized spacial score (nSPS) is 9.91. The summed E-state index contributed by atoms with van der Waals surface area (Å²) in [5.41, 5.74) is 15.3. The molecule has 18 heteroatoms. The Balaban J connectivity index is 0.000000526. The maximum absolute atomic E-state index is 11.1. The lowest BCUT2D eigenvalue weighted by Gasteiger charge is -2.17. The van der Waals surface area contributed by atoms with Gasteiger partial charge in [-0.2, -0.15) is 15.0 Å². The Morgan fingerprint density at radius 3 is 1.69 bits per heavy atom. The van der Waals surface area contributed by atoms with Crippen molar-refractivity contribution < 1.29 is 49.8 Å². The molecule has 0 fully saturated rings. The smallest absolute Gasteiger partial charge is 0.509 e. The molecule has 2 aromatic rings. The minimum absolute atomic E-state index is 0.0417. The number of esters is 1. The molecule has 1 heterocycles. The minimum Gasteiger partial charge on any atom is -0.509 e. The van der Waals surface area contributed by atoms with Crippen molar-refractivity contribution in [2.75, 3.05) is 63.8 Å². The fourth-order valence-electron chi connectivity index (χ4n) is 2.22. The van der Waals surface area contributed by atoms with Crippen LogP contribution >= 0.6 is 0 Å². The third-order valence-corrected chi connectivity index (χ3v) is 3.64. The molecular formula is C17H30BN7O10. The fraction of sp³-hybridized carbons (Fsp3) is 0.412. The highest BCUT2D eigenvalue weighted by molar-refractivity contribution is 6.33. The first-order valence-corrected chi connectivity index (χ1v) is 9.73. The number of anilines is 3. The number of nitrogens with zero attached hydrogens (tertiary/aromatic N) is 4. The molecule has 17 nitrogen and oxygen atoms in total. The average Bonchev–Trinajstić information content (AvgIpc) is 2.76. The van der Waals surface area contributed by atoms with E-state index in [0.29, 0.717) is 19.6 Å². The number of ether oxygens (including phenoxy) is 1. The van der Waals surface area contributed by atoms with Crippen LogP contribution in [-0.2, 0) is 4.74 Å². The summed E-state index contributed by atoms with van der Waals surface area (Å²) in [6.45, 7) is 1.75. The Hall–Kier alpha value is -3.68. The maximum atomic E-state index is 11.1. The quantitative estimate of drug-likeness (QED) is 0.0888. The number of rotatable bonds is 9. The zero-order valence-electron chi connectivity index (χ0n) is 18.9. The summed E-state index contributed by atoms with van der Waals surface area (Å²) in [5.74, 6) is -2.44. The van der Waals surface area contributed by atoms with E-state index < -0.39 is 30.5 Å². The number of hydrogen-bond donors (Lipinski definition) is 10. The first-order valence-electron chi connectivity index (χ1n) is 9.73. The maximum Gasteiger partial charge on any atom is 0.707 e. The molecule has 35 heavy (non-hydrogen) atoms. The standard InChI is InChI=1S/C8H9BO7.C6H15NO3.C3H6N6/c1-15-8(12)4-2-5(10)7(11)6(3-4)16-9(13)14;8-4-1-7(2-5-9)3-6-10;4-1-7-2(5)9-3(6)8-1/h2-3,10-11,13-14H,1H3;8-10H,1-6H2;(H6,4,5,6,7,8,9). The molecule has 0 aliphatic heterocycles. The number of carbonyl (C=O) groups is 1. The van der Waals surface area contributed by atoms with E-state index >= 15 is 0 Å². The van der Waals surface area contributed by atoms with Crippen LogP contribution in [0.15, 0.2) is 12.1 Å². The number of nitrogens with two attached hydrogens (primary N) is 3. The predicted octanol–water partition coefficient (Wildman–Crippen LogP) is -3.88. The summed E-state index contributed by atoms with van der Waals surface area (Å²) < 4.78 is 8.73. The van der Waals surface area contributed by atoms with Gasteiger partial charge in [0.15, 0.2) is 11.5 Å². The van der Waals surface area contributed by atoms with Crippen LogP contribution in [0.4, 0.5) is 17.8 Å². The SMILES string of the molecule is COC(=O)c1cc(O)c(O)c(OB(O)O)c1.Nc1nc(N)nc(N)n1.OCCN(CCO)CCO. The first kappa shape index (κ1) is 31.3. The molecule has 0 saturated carbocycles. The number of aromatic nitrogens is 3. The number of carbonyl (C=O) groups excluding carboxylic acids is 1. The van der Waals surface area contributed by atoms with Crippen molar-refractivity contribution in [3.8, 4) is 17.2 Å². The van der Waals surface area contributed by atoms with Crippen molar-refractivity contribution in [2.24, 2.45) is 0 Å². The number of aliphatic hydroxyl groups excluding tert-OH is 3. The molecule has 0 amide bonds. The van der Waals surface area contributed by atoms with E-state index in [-0.39, 0.29) is 43.2 Å². The third kappa shape index (κ3) is 13.0. The van der Waals surface area contributed by atoms with Crippen molar-refractivity contribution in [1.82, 2.24) is 19.9 Å². The van der Waals surface area contributed by atoms with Gasteiger partial charge in [0.25, 0.3) is 0 Å². The molecule has 1 aromatic heterocycles. The highest BCUT2D eigenvalue weighted by Gasteiger charge is 2.20. The Labute approximate surface area is 200 Å². The van der Waals surface area contributed by atoms with Gasteiger partial charge in [-0.15, -0.1) is 0 Å². The van der Waals surface area contributed by atoms with E-state index in [9.17, 15) is 15.0 Å². The molecule has 0 aliphatic rings. The molecule has 13 N–H and O–H groups in total. The zero-order chi connectivity index (χ0) is 27.0. The number of aliphatic hydroxyl groups is 3. The Kier molecular flexibility index (Phi) is 15.1. The number of methoxy groups -OCH3 is 1. The van der Waals surface area contributed by atoms with E-state index in [1.54, 1.807) is 4.90 Å². The van der Waals surface area contributed by atoms with Crippen molar-refractivity contribution >= 4 is 31.1 Å². The van der Waals surface area contributed by atoms with Crippen molar-refractivity contribution in [3.63, 3.8) is 0 Å². The van der Waals surface area contributed by atoms with Crippen LogP contribution in [0.3, 0.4) is 0 Å². The fourth-order valence-corrected chi connectivity index (χ4v) is 2.22. The van der Waals surface area contributed by atoms with Crippen LogP contribution in [-0.4, -0.2) is 115 Å². The van der Waals surface area contributed by atoms with Gasteiger partial charge in [0, 0.05) is 19.6 Å². The molecule has 0 aliphatic carbocycles. The summed E-state index contributed by atoms with van der Waals surface area (Å²) in [7, 11) is -1.05. The number of benzene rings is 1. The van der Waals surface area contributed by atoms with Gasteiger partial charge >= 0.3 is 13.3 Å². The third-order valence-electron chi connectivity index (χ3n) is 3.64. The van der Waals surface area contributed by atoms with E-state index in [1.807, 2.05) is 0 Å². The van der Waals surface area contributed by atoms with Gasteiger partial charge in [-0.3, -0.25) is 4.90 Å². The van der Waals surface area contributed by atoms with Crippen LogP contribution < -0.4 is 21.9 Å². The van der Waals surface area contributed by atoms with Gasteiger partial charge in [0.1, 0.15) is 5.75 Å². The summed E-state index contributed by atoms with van der Waals surface area (Å²) >= 11 is 0. The van der Waals surface area contributed by atoms with Crippen LogP contribution in [0.1, 0.15) is 10.4 Å². The molecule has 2 rings (SSSR count). The number of phenolic OH excluding ortho intramolecular Hbond substituents is 2. The number of nitrogen functional groups attached to an aromatic ring is 3. The van der Waals surface area contributed by atoms with Crippen LogP contribution in [0, 0.1) is 0 Å². The Bertz CT molecular complexity index is 845. The lowest BCUT2D eigenvalue weighted by molar-refractivity contribution is 0.0599. The molecule has 0 spiro atoms. The highest BCUT2D eigenvalue weighted by atomic mass is 16.6. The average molecular weight is 503 g/mol. The first-order chi connectivity index (χ1) is 16.5. The topological polar surface area (TPSA) is 297 Å². The second-order valence-corrected chi connectivity index (χ2v) is 6.20. The second kappa shape index (κ2) is 16.9. The molecule has 1 aromatic carbocycles. The van der Waals surface area contributed by atoms with Gasteiger partial charge in [0.05, 0.1) is 32.5 Å². The van der Waals surface area contributed by atoms with Crippen molar-refractivity contribution in [2.45, 2.75) is 0 Å². The van der Waals surface area contributed by atoms with Gasteiger partial charge in [-0.25, -0.2) is 4.79 Å². The molecule has 0 unspecified atom stereocenters. The van der Waals surface area contributed by atoms with Crippen LogP contribution in [0.25, 0.3) is 0 Å². The second-order valence-electron chi connectivity index (χ2n) is 6.20. The molecule has 0 bridgehead atoms. The van der Waals surface area contributed by atoms with Crippen LogP contribution in [0.2, 0.25) is 0 Å². The van der Waals surface area contributed by atoms with E-state index in [4.69, 9.17) is 42.6 Å². The van der Waals surface area contributed by atoms with Gasteiger partial charge in [0.2, 0.25) is 17.8 Å². The monoisotopic (exact) mass is 503 g/mol. The van der Waals surface area contributed by atoms with Crippen molar-refractivity contribution in [1.29, 1.82) is 0 Å². The molecule has 0 atom stereocenters. The predicted molar refractivity (Wildman–Crippen MR) is 123 cm³/mol. The minimum atomic E-state index is -2.18. The number of aromatic hydroxyl groups is 2. The molecule has 0 radical (unpaired) electrons. The molecular weight excluding hydrogens is 473 g/mol. The summed E-state index contributed by atoms with van der Waals surface area (Å²) in [4.78, 5) is 23.4. The van der Waals surface area contributed by atoms with Gasteiger partial charge in [-0.1, -0.05) is 0 Å². The summed E-state index contributed by atoms with van der Waals surface area (Å²) in [5, 5.41) is 61.0. The summed E-state index contributed by atoms with van der Waals surface area (Å²) in [6, 6.07) is 1.96. The lowest BCUT2D eigenvalue weighted by atomic mass is 10.1. The largest absolute Gasteiger partial charge is 0.707 e. The summed E-state index contributed by atoms with van der Waals surface area (Å²) in [6.07, 6.45) is 0. The van der Waals surface area contributed by atoms with E-state index in [0.717, 1.165) is 19.2 Å². The van der Waals surface area contributed by atoms with Crippen molar-refractivity contribution in [3.05, 3.63) is 17.7 Å². The number of hydrogen-bond acceptors (Lipinski definition) is 17. The molecule has 0 saturated heterocycles. The lowest BCUT2D eigenvalue weighted by Crippen LogP contribution is -2.32. The Morgan fingerprint density at radius 2 is 1.34 bits per heavy atom. The highest BCUT2D eigenvalue weighted by Crippen LogP contribution is 2.36.